The minimum absolute atomic E-state index is 0.124. The molecular weight excluding hydrogens is 753 g/mol. The average Bonchev–Trinajstić information content (AvgIpc) is 3.17. The van der Waals surface area contributed by atoms with Gasteiger partial charge in [-0.15, -0.1) is 0 Å². The number of carbonyl (C=O) groups excluding carboxylic acids is 2. The van der Waals surface area contributed by atoms with Crippen molar-refractivity contribution in [3.8, 4) is 0 Å². The molecule has 0 aliphatic carbocycles. The molecule has 0 saturated carbocycles. The molecule has 0 radical (unpaired) electrons. The Hall–Kier alpha value is -2.65. The van der Waals surface area contributed by atoms with Crippen LogP contribution in [0.5, 0.6) is 0 Å². The molecular formula is C44H74O12S. The first kappa shape index (κ1) is 52.4. The van der Waals surface area contributed by atoms with Crippen LogP contribution in [0.4, 0.5) is 0 Å². The Morgan fingerprint density at radius 3 is 1.65 bits per heavy atom. The summed E-state index contributed by atoms with van der Waals surface area (Å²) in [6.45, 7) is 3.58. The quantitative estimate of drug-likeness (QED) is 0.0211. The van der Waals surface area contributed by atoms with Crippen LogP contribution in [-0.2, 0) is 38.7 Å². The molecule has 57 heavy (non-hydrogen) atoms. The molecule has 328 valence electrons. The van der Waals surface area contributed by atoms with Crippen LogP contribution in [0.3, 0.4) is 0 Å². The molecule has 1 aliphatic heterocycles. The number of allylic oxidation sites excluding steroid dienone is 10. The van der Waals surface area contributed by atoms with E-state index in [9.17, 15) is 37.9 Å². The van der Waals surface area contributed by atoms with E-state index in [4.69, 9.17) is 18.9 Å². The zero-order valence-corrected chi connectivity index (χ0v) is 35.5. The Kier molecular flexibility index (Phi) is 31.5. The lowest BCUT2D eigenvalue weighted by molar-refractivity contribution is -0.297. The van der Waals surface area contributed by atoms with Crippen molar-refractivity contribution in [3.05, 3.63) is 60.8 Å². The molecule has 1 saturated heterocycles. The summed E-state index contributed by atoms with van der Waals surface area (Å²) in [6, 6.07) is 0. The van der Waals surface area contributed by atoms with Crippen molar-refractivity contribution in [2.24, 2.45) is 0 Å². The van der Waals surface area contributed by atoms with Gasteiger partial charge in [-0.1, -0.05) is 139 Å². The van der Waals surface area contributed by atoms with Gasteiger partial charge >= 0.3 is 11.9 Å². The molecule has 4 N–H and O–H groups in total. The summed E-state index contributed by atoms with van der Waals surface area (Å²) >= 11 is 0. The van der Waals surface area contributed by atoms with E-state index in [0.29, 0.717) is 12.8 Å². The number of unbranched alkanes of at least 4 members (excludes halogenated alkanes) is 12. The van der Waals surface area contributed by atoms with Crippen LogP contribution in [0.1, 0.15) is 149 Å². The smallest absolute Gasteiger partial charge is 0.306 e. The van der Waals surface area contributed by atoms with Crippen LogP contribution >= 0.6 is 0 Å². The fourth-order valence-corrected chi connectivity index (χ4v) is 6.75. The molecule has 0 aromatic carbocycles. The minimum Gasteiger partial charge on any atom is -0.462 e. The minimum atomic E-state index is -4.61. The Morgan fingerprint density at radius 2 is 1.11 bits per heavy atom. The fourth-order valence-electron chi connectivity index (χ4n) is 6.05. The summed E-state index contributed by atoms with van der Waals surface area (Å²) in [6.07, 6.45) is 31.3. The van der Waals surface area contributed by atoms with Crippen molar-refractivity contribution in [3.63, 3.8) is 0 Å². The standard InChI is InChI=1S/C44H74O12S/c1-3-5-7-9-11-13-15-16-17-18-19-20-21-22-23-25-27-29-31-33-40(46)55-37(34-53-39(45)32-30-28-26-24-14-12-10-8-6-4-2)35-54-44-43(49)42(48)41(47)38(56-44)36-57(50,51)52/h5,7,11,13,16-17,19-20,22-23,37-38,41-44,47-49H,3-4,6,8-10,12,14-15,18,21,24-36H2,1-2H3,(H,50,51,52)/b7-5+,13-11+,17-16+,20-19+,23-22+/t37-,38-,41-,42?,43?,44+/m1/s1. The molecule has 1 rings (SSSR count). The normalized spacial score (nSPS) is 21.1. The van der Waals surface area contributed by atoms with Gasteiger partial charge < -0.3 is 34.3 Å². The molecule has 0 spiro atoms. The predicted molar refractivity (Wildman–Crippen MR) is 224 cm³/mol. The van der Waals surface area contributed by atoms with E-state index in [1.54, 1.807) is 0 Å². The van der Waals surface area contributed by atoms with Crippen molar-refractivity contribution >= 4 is 22.1 Å². The summed E-state index contributed by atoms with van der Waals surface area (Å²) in [5.41, 5.74) is 0. The second-order valence-electron chi connectivity index (χ2n) is 14.6. The van der Waals surface area contributed by atoms with E-state index in [-0.39, 0.29) is 19.4 Å². The van der Waals surface area contributed by atoms with E-state index in [2.05, 4.69) is 74.6 Å². The Morgan fingerprint density at radius 1 is 0.614 bits per heavy atom. The zero-order valence-electron chi connectivity index (χ0n) is 34.7. The molecule has 2 unspecified atom stereocenters. The first-order chi connectivity index (χ1) is 27.5. The highest BCUT2D eigenvalue weighted by atomic mass is 32.2. The maximum Gasteiger partial charge on any atom is 0.306 e. The number of aliphatic hydroxyl groups excluding tert-OH is 3. The molecule has 13 heteroatoms. The average molecular weight is 827 g/mol. The lowest BCUT2D eigenvalue weighted by atomic mass is 10.00. The monoisotopic (exact) mass is 826 g/mol. The van der Waals surface area contributed by atoms with Gasteiger partial charge in [-0.25, -0.2) is 0 Å². The molecule has 1 aliphatic rings. The highest BCUT2D eigenvalue weighted by Crippen LogP contribution is 2.24. The molecule has 0 bridgehead atoms. The first-order valence-corrected chi connectivity index (χ1v) is 23.0. The van der Waals surface area contributed by atoms with Crippen molar-refractivity contribution < 1.29 is 56.8 Å². The SMILES string of the molecule is CC/C=C/C/C=C/C/C=C/C/C=C/C/C=C/CCCCCC(=O)O[C@H](COC(=O)CCCCCCCCCCCC)CO[C@H]1O[C@H](CS(=O)(=O)O)[C@@H](O)C(O)C1O. The predicted octanol–water partition coefficient (Wildman–Crippen LogP) is 8.17. The van der Waals surface area contributed by atoms with Crippen LogP contribution in [-0.4, -0.2) is 96.0 Å². The van der Waals surface area contributed by atoms with Crippen molar-refractivity contribution in [2.75, 3.05) is 19.0 Å². The Labute approximate surface area is 343 Å². The van der Waals surface area contributed by atoms with E-state index >= 15 is 0 Å². The number of hydrogen-bond acceptors (Lipinski definition) is 11. The summed E-state index contributed by atoms with van der Waals surface area (Å²) in [5.74, 6) is -2.03. The van der Waals surface area contributed by atoms with Crippen molar-refractivity contribution in [2.45, 2.75) is 185 Å². The number of ether oxygens (including phenoxy) is 4. The van der Waals surface area contributed by atoms with Gasteiger partial charge in [0.15, 0.2) is 12.4 Å². The van der Waals surface area contributed by atoms with Crippen LogP contribution in [0.2, 0.25) is 0 Å². The molecule has 1 heterocycles. The second kappa shape index (κ2) is 34.2. The van der Waals surface area contributed by atoms with Gasteiger partial charge in [0.1, 0.15) is 36.8 Å². The molecule has 0 aromatic rings. The number of rotatable bonds is 34. The second-order valence-corrected chi connectivity index (χ2v) is 16.1. The highest BCUT2D eigenvalue weighted by molar-refractivity contribution is 7.85. The molecule has 0 amide bonds. The third-order valence-electron chi connectivity index (χ3n) is 9.36. The van der Waals surface area contributed by atoms with Crippen LogP contribution in [0.15, 0.2) is 60.8 Å². The number of hydrogen-bond donors (Lipinski definition) is 4. The molecule has 1 fully saturated rings. The molecule has 6 atom stereocenters. The van der Waals surface area contributed by atoms with Gasteiger partial charge in [0, 0.05) is 12.8 Å². The van der Waals surface area contributed by atoms with E-state index in [1.807, 2.05) is 0 Å². The van der Waals surface area contributed by atoms with Gasteiger partial charge in [-0.3, -0.25) is 14.1 Å². The fraction of sp³-hybridized carbons (Fsp3) is 0.727. The molecule has 0 aromatic heterocycles. The zero-order chi connectivity index (χ0) is 42.0. The number of carbonyl (C=O) groups is 2. The Balaban J connectivity index is 2.49. The highest BCUT2D eigenvalue weighted by Gasteiger charge is 2.46. The van der Waals surface area contributed by atoms with Gasteiger partial charge in [0.2, 0.25) is 0 Å². The first-order valence-electron chi connectivity index (χ1n) is 21.3. The third-order valence-corrected chi connectivity index (χ3v) is 10.1. The largest absolute Gasteiger partial charge is 0.462 e. The van der Waals surface area contributed by atoms with Gasteiger partial charge in [0.25, 0.3) is 10.1 Å². The van der Waals surface area contributed by atoms with Gasteiger partial charge in [-0.2, -0.15) is 8.42 Å². The van der Waals surface area contributed by atoms with E-state index in [1.165, 1.54) is 38.5 Å². The van der Waals surface area contributed by atoms with Crippen LogP contribution < -0.4 is 0 Å². The van der Waals surface area contributed by atoms with Gasteiger partial charge in [0.05, 0.1) is 6.61 Å². The summed E-state index contributed by atoms with van der Waals surface area (Å²) in [5, 5.41) is 30.8. The summed E-state index contributed by atoms with van der Waals surface area (Å²) in [7, 11) is -4.61. The third kappa shape index (κ3) is 29.2. The number of esters is 2. The lowest BCUT2D eigenvalue weighted by Crippen LogP contribution is -2.60. The summed E-state index contributed by atoms with van der Waals surface area (Å²) in [4.78, 5) is 25.3. The maximum absolute atomic E-state index is 12.8. The maximum atomic E-state index is 12.8. The van der Waals surface area contributed by atoms with Crippen molar-refractivity contribution in [1.29, 1.82) is 0 Å². The van der Waals surface area contributed by atoms with Crippen LogP contribution in [0, 0.1) is 0 Å². The lowest BCUT2D eigenvalue weighted by Gasteiger charge is -2.40. The molecule has 12 nitrogen and oxygen atoms in total. The van der Waals surface area contributed by atoms with Crippen LogP contribution in [0.25, 0.3) is 0 Å². The van der Waals surface area contributed by atoms with Crippen molar-refractivity contribution in [1.82, 2.24) is 0 Å². The van der Waals surface area contributed by atoms with E-state index < -0.39 is 71.2 Å². The van der Waals surface area contributed by atoms with Gasteiger partial charge in [-0.05, 0) is 57.8 Å². The Bertz CT molecular complexity index is 1290. The number of aliphatic hydroxyl groups is 3. The summed E-state index contributed by atoms with van der Waals surface area (Å²) < 4.78 is 53.9. The van der Waals surface area contributed by atoms with E-state index in [0.717, 1.165) is 70.6 Å². The topological polar surface area (TPSA) is 186 Å².